The van der Waals surface area contributed by atoms with Gasteiger partial charge in [-0.15, -0.1) is 0 Å². The van der Waals surface area contributed by atoms with Crippen LogP contribution in [0.1, 0.15) is 37.7 Å². The Morgan fingerprint density at radius 1 is 1.37 bits per heavy atom. The number of nitrogen functional groups attached to an aromatic ring is 1. The first-order valence-electron chi connectivity index (χ1n) is 7.23. The molecule has 104 valence electrons. The number of benzene rings is 1. The van der Waals surface area contributed by atoms with Crippen molar-refractivity contribution in [2.45, 2.75) is 38.5 Å². The summed E-state index contributed by atoms with van der Waals surface area (Å²) in [5.74, 6) is 0.968. The minimum Gasteiger partial charge on any atom is -0.399 e. The molecule has 2 N–H and O–H groups in total. The predicted octanol–water partition coefficient (Wildman–Crippen LogP) is 2.85. The molecule has 2 rings (SSSR count). The number of carbonyl (C=O) groups excluding carboxylic acids is 1. The van der Waals surface area contributed by atoms with Gasteiger partial charge in [0.05, 0.1) is 0 Å². The molecule has 19 heavy (non-hydrogen) atoms. The minimum absolute atomic E-state index is 0.245. The van der Waals surface area contributed by atoms with Crippen molar-refractivity contribution in [2.24, 2.45) is 5.92 Å². The predicted molar refractivity (Wildman–Crippen MR) is 78.8 cm³/mol. The van der Waals surface area contributed by atoms with Crippen LogP contribution in [-0.2, 0) is 11.2 Å². The van der Waals surface area contributed by atoms with Crippen LogP contribution in [0.15, 0.2) is 24.3 Å². The number of anilines is 1. The number of rotatable bonds is 5. The van der Waals surface area contributed by atoms with Gasteiger partial charge in [-0.1, -0.05) is 25.0 Å². The smallest absolute Gasteiger partial charge is 0.222 e. The van der Waals surface area contributed by atoms with Crippen molar-refractivity contribution < 1.29 is 4.79 Å². The maximum absolute atomic E-state index is 12.1. The Balaban J connectivity index is 1.76. The summed E-state index contributed by atoms with van der Waals surface area (Å²) in [7, 11) is 1.93. The molecule has 1 aromatic rings. The van der Waals surface area contributed by atoms with E-state index >= 15 is 0 Å². The number of carbonyl (C=O) groups is 1. The molecule has 0 spiro atoms. The standard InChI is InChI=1S/C16H24N2O/c1-18(12-14-5-2-3-6-14)16(19)10-9-13-7-4-8-15(17)11-13/h4,7-8,11,14H,2-3,5-6,9-10,12,17H2,1H3. The monoisotopic (exact) mass is 260 g/mol. The topological polar surface area (TPSA) is 46.3 Å². The molecule has 3 heteroatoms. The lowest BCUT2D eigenvalue weighted by Gasteiger charge is -2.21. The molecule has 0 heterocycles. The molecule has 1 fully saturated rings. The van der Waals surface area contributed by atoms with E-state index in [1.807, 2.05) is 36.2 Å². The van der Waals surface area contributed by atoms with Gasteiger partial charge in [-0.2, -0.15) is 0 Å². The van der Waals surface area contributed by atoms with Gasteiger partial charge >= 0.3 is 0 Å². The second kappa shape index (κ2) is 6.60. The SMILES string of the molecule is CN(CC1CCCC1)C(=O)CCc1cccc(N)c1. The summed E-state index contributed by atoms with van der Waals surface area (Å²) in [5.41, 5.74) is 7.65. The van der Waals surface area contributed by atoms with E-state index < -0.39 is 0 Å². The molecular weight excluding hydrogens is 236 g/mol. The fraction of sp³-hybridized carbons (Fsp3) is 0.562. The van der Waals surface area contributed by atoms with E-state index in [1.54, 1.807) is 0 Å². The lowest BCUT2D eigenvalue weighted by molar-refractivity contribution is -0.130. The highest BCUT2D eigenvalue weighted by molar-refractivity contribution is 5.76. The lowest BCUT2D eigenvalue weighted by Crippen LogP contribution is -2.31. The second-order valence-corrected chi connectivity index (χ2v) is 5.67. The highest BCUT2D eigenvalue weighted by Gasteiger charge is 2.19. The van der Waals surface area contributed by atoms with Gasteiger partial charge in [0, 0.05) is 25.7 Å². The molecule has 1 aliphatic rings. The van der Waals surface area contributed by atoms with E-state index in [0.29, 0.717) is 6.42 Å². The Bertz CT molecular complexity index is 425. The molecule has 0 radical (unpaired) electrons. The first-order chi connectivity index (χ1) is 9.15. The largest absolute Gasteiger partial charge is 0.399 e. The van der Waals surface area contributed by atoms with Gasteiger partial charge in [0.25, 0.3) is 0 Å². The molecular formula is C16H24N2O. The van der Waals surface area contributed by atoms with Crippen molar-refractivity contribution in [3.8, 4) is 0 Å². The number of aryl methyl sites for hydroxylation is 1. The number of amides is 1. The Labute approximate surface area is 115 Å². The van der Waals surface area contributed by atoms with Crippen LogP contribution >= 0.6 is 0 Å². The van der Waals surface area contributed by atoms with Crippen LogP contribution in [0.25, 0.3) is 0 Å². The fourth-order valence-electron chi connectivity index (χ4n) is 2.87. The van der Waals surface area contributed by atoms with E-state index in [-0.39, 0.29) is 5.91 Å². The number of nitrogens with zero attached hydrogens (tertiary/aromatic N) is 1. The van der Waals surface area contributed by atoms with Crippen LogP contribution in [-0.4, -0.2) is 24.4 Å². The van der Waals surface area contributed by atoms with E-state index in [2.05, 4.69) is 0 Å². The lowest BCUT2D eigenvalue weighted by atomic mass is 10.1. The summed E-state index contributed by atoms with van der Waals surface area (Å²) in [6.07, 6.45) is 6.58. The van der Waals surface area contributed by atoms with Crippen LogP contribution in [0.2, 0.25) is 0 Å². The molecule has 0 aromatic heterocycles. The van der Waals surface area contributed by atoms with Crippen LogP contribution in [0.5, 0.6) is 0 Å². The van der Waals surface area contributed by atoms with Gasteiger partial charge in [-0.25, -0.2) is 0 Å². The van der Waals surface area contributed by atoms with Gasteiger partial charge < -0.3 is 10.6 Å². The van der Waals surface area contributed by atoms with Crippen molar-refractivity contribution >= 4 is 11.6 Å². The van der Waals surface area contributed by atoms with E-state index in [9.17, 15) is 4.79 Å². The summed E-state index contributed by atoms with van der Waals surface area (Å²) < 4.78 is 0. The maximum atomic E-state index is 12.1. The molecule has 0 aliphatic heterocycles. The molecule has 0 bridgehead atoms. The van der Waals surface area contributed by atoms with E-state index in [4.69, 9.17) is 5.73 Å². The molecule has 0 atom stereocenters. The zero-order valence-electron chi connectivity index (χ0n) is 11.8. The fourth-order valence-corrected chi connectivity index (χ4v) is 2.87. The van der Waals surface area contributed by atoms with Gasteiger partial charge in [0.2, 0.25) is 5.91 Å². The van der Waals surface area contributed by atoms with Crippen LogP contribution in [0.3, 0.4) is 0 Å². The Hall–Kier alpha value is -1.51. The minimum atomic E-state index is 0.245. The molecule has 1 aromatic carbocycles. The van der Waals surface area contributed by atoms with Crippen molar-refractivity contribution in [1.82, 2.24) is 4.90 Å². The average Bonchev–Trinajstić information content (AvgIpc) is 2.89. The summed E-state index contributed by atoms with van der Waals surface area (Å²) >= 11 is 0. The van der Waals surface area contributed by atoms with Crippen molar-refractivity contribution in [1.29, 1.82) is 0 Å². The molecule has 1 aliphatic carbocycles. The summed E-state index contributed by atoms with van der Waals surface area (Å²) in [6, 6.07) is 7.79. The first kappa shape index (κ1) is 13.9. The number of hydrogen-bond acceptors (Lipinski definition) is 2. The highest BCUT2D eigenvalue weighted by atomic mass is 16.2. The number of hydrogen-bond donors (Lipinski definition) is 1. The molecule has 3 nitrogen and oxygen atoms in total. The van der Waals surface area contributed by atoms with Crippen LogP contribution in [0.4, 0.5) is 5.69 Å². The van der Waals surface area contributed by atoms with Crippen LogP contribution < -0.4 is 5.73 Å². The highest BCUT2D eigenvalue weighted by Crippen LogP contribution is 2.25. The third-order valence-electron chi connectivity index (χ3n) is 4.01. The third kappa shape index (κ3) is 4.27. The number of nitrogens with two attached hydrogens (primary N) is 1. The van der Waals surface area contributed by atoms with Crippen molar-refractivity contribution in [2.75, 3.05) is 19.3 Å². The Morgan fingerprint density at radius 3 is 2.79 bits per heavy atom. The van der Waals surface area contributed by atoms with Crippen LogP contribution in [0, 0.1) is 5.92 Å². The van der Waals surface area contributed by atoms with Crippen molar-refractivity contribution in [3.05, 3.63) is 29.8 Å². The molecule has 1 amide bonds. The summed E-state index contributed by atoms with van der Waals surface area (Å²) in [5, 5.41) is 0. The van der Waals surface area contributed by atoms with E-state index in [1.165, 1.54) is 25.7 Å². The van der Waals surface area contributed by atoms with Crippen molar-refractivity contribution in [3.63, 3.8) is 0 Å². The van der Waals surface area contributed by atoms with Gasteiger partial charge in [-0.05, 0) is 42.9 Å². The Kier molecular flexibility index (Phi) is 4.83. The Morgan fingerprint density at radius 2 is 2.11 bits per heavy atom. The first-order valence-corrected chi connectivity index (χ1v) is 7.23. The molecule has 1 saturated carbocycles. The van der Waals surface area contributed by atoms with Gasteiger partial charge in [0.15, 0.2) is 0 Å². The molecule has 0 unspecified atom stereocenters. The zero-order valence-corrected chi connectivity index (χ0v) is 11.8. The second-order valence-electron chi connectivity index (χ2n) is 5.67. The zero-order chi connectivity index (χ0) is 13.7. The van der Waals surface area contributed by atoms with E-state index in [0.717, 1.165) is 30.1 Å². The summed E-state index contributed by atoms with van der Waals surface area (Å²) in [6.45, 7) is 0.926. The maximum Gasteiger partial charge on any atom is 0.222 e. The third-order valence-corrected chi connectivity index (χ3v) is 4.01. The average molecular weight is 260 g/mol. The normalized spacial score (nSPS) is 15.6. The molecule has 0 saturated heterocycles. The quantitative estimate of drug-likeness (QED) is 0.827. The van der Waals surface area contributed by atoms with Gasteiger partial charge in [-0.3, -0.25) is 4.79 Å². The van der Waals surface area contributed by atoms with Gasteiger partial charge in [0.1, 0.15) is 0 Å². The summed E-state index contributed by atoms with van der Waals surface area (Å²) in [4.78, 5) is 14.0.